The maximum Gasteiger partial charge on any atom is 0.327 e. The van der Waals surface area contributed by atoms with Crippen molar-refractivity contribution in [3.05, 3.63) is 68.9 Å². The monoisotopic (exact) mass is 446 g/mol. The molecule has 0 aliphatic rings. The molecule has 0 saturated heterocycles. The van der Waals surface area contributed by atoms with Gasteiger partial charge in [0.25, 0.3) is 5.91 Å². The standard InChI is InChI=1S/C20H19ClN4O6/c1-29-15-10-14(17(25(27)28)19(31-3)18(15)30-2)20(26)23-16-8-9-22-24(16)11-12-4-6-13(21)7-5-12/h4-10H,11H2,1-3H3,(H,23,26). The summed E-state index contributed by atoms with van der Waals surface area (Å²) in [4.78, 5) is 24.0. The smallest absolute Gasteiger partial charge is 0.327 e. The number of carbonyl (C=O) groups excluding carboxylic acids is 1. The number of nitro benzene ring substituents is 1. The molecule has 0 aliphatic carbocycles. The van der Waals surface area contributed by atoms with Crippen LogP contribution in [0.1, 0.15) is 15.9 Å². The van der Waals surface area contributed by atoms with Crippen molar-refractivity contribution in [3.63, 3.8) is 0 Å². The molecule has 10 nitrogen and oxygen atoms in total. The zero-order valence-corrected chi connectivity index (χ0v) is 17.7. The summed E-state index contributed by atoms with van der Waals surface area (Å²) in [6, 6.07) is 9.97. The highest BCUT2D eigenvalue weighted by Crippen LogP contribution is 2.46. The number of nitro groups is 1. The Hall–Kier alpha value is -3.79. The van der Waals surface area contributed by atoms with Gasteiger partial charge in [-0.1, -0.05) is 23.7 Å². The van der Waals surface area contributed by atoms with Gasteiger partial charge in [-0.2, -0.15) is 5.10 Å². The predicted octanol–water partition coefficient (Wildman–Crippen LogP) is 3.77. The highest BCUT2D eigenvalue weighted by atomic mass is 35.5. The Bertz CT molecular complexity index is 1110. The first-order chi connectivity index (χ1) is 14.9. The Labute approximate surface area is 182 Å². The second-order valence-corrected chi connectivity index (χ2v) is 6.69. The van der Waals surface area contributed by atoms with E-state index in [1.807, 2.05) is 12.1 Å². The molecule has 0 saturated carbocycles. The van der Waals surface area contributed by atoms with E-state index in [1.54, 1.807) is 22.9 Å². The van der Waals surface area contributed by atoms with Gasteiger partial charge in [-0.3, -0.25) is 14.9 Å². The van der Waals surface area contributed by atoms with Crippen LogP contribution in [0.2, 0.25) is 5.02 Å². The summed E-state index contributed by atoms with van der Waals surface area (Å²) < 4.78 is 17.1. The van der Waals surface area contributed by atoms with E-state index in [2.05, 4.69) is 10.4 Å². The van der Waals surface area contributed by atoms with E-state index < -0.39 is 16.5 Å². The van der Waals surface area contributed by atoms with Gasteiger partial charge in [-0.15, -0.1) is 0 Å². The number of methoxy groups -OCH3 is 3. The van der Waals surface area contributed by atoms with E-state index in [-0.39, 0.29) is 22.8 Å². The van der Waals surface area contributed by atoms with Crippen molar-refractivity contribution in [2.24, 2.45) is 0 Å². The van der Waals surface area contributed by atoms with Crippen LogP contribution in [0.5, 0.6) is 17.2 Å². The van der Waals surface area contributed by atoms with E-state index in [0.717, 1.165) is 5.56 Å². The minimum absolute atomic E-state index is 0.0148. The van der Waals surface area contributed by atoms with Crippen LogP contribution in [0, 0.1) is 10.1 Å². The minimum atomic E-state index is -0.733. The fraction of sp³-hybridized carbons (Fsp3) is 0.200. The summed E-state index contributed by atoms with van der Waals surface area (Å²) >= 11 is 5.91. The summed E-state index contributed by atoms with van der Waals surface area (Å²) in [5.74, 6) is -0.468. The molecule has 0 fully saturated rings. The average molecular weight is 447 g/mol. The quantitative estimate of drug-likeness (QED) is 0.413. The van der Waals surface area contributed by atoms with Crippen LogP contribution >= 0.6 is 11.6 Å². The number of anilines is 1. The van der Waals surface area contributed by atoms with Crippen molar-refractivity contribution >= 4 is 29.0 Å². The zero-order valence-electron chi connectivity index (χ0n) is 16.9. The molecule has 0 radical (unpaired) electrons. The lowest BCUT2D eigenvalue weighted by atomic mass is 10.1. The Morgan fingerprint density at radius 1 is 1.13 bits per heavy atom. The van der Waals surface area contributed by atoms with Crippen molar-refractivity contribution in [3.8, 4) is 17.2 Å². The third kappa shape index (κ3) is 4.53. The van der Waals surface area contributed by atoms with Crippen molar-refractivity contribution in [1.82, 2.24) is 9.78 Å². The third-order valence-corrected chi connectivity index (χ3v) is 4.69. The van der Waals surface area contributed by atoms with Crippen LogP contribution < -0.4 is 19.5 Å². The Kier molecular flexibility index (Phi) is 6.61. The van der Waals surface area contributed by atoms with E-state index in [4.69, 9.17) is 25.8 Å². The second kappa shape index (κ2) is 9.35. The first-order valence-electron chi connectivity index (χ1n) is 8.94. The summed E-state index contributed by atoms with van der Waals surface area (Å²) in [7, 11) is 3.92. The molecular weight excluding hydrogens is 428 g/mol. The number of hydrogen-bond acceptors (Lipinski definition) is 7. The SMILES string of the molecule is COc1cc(C(=O)Nc2ccnn2Cc2ccc(Cl)cc2)c([N+](=O)[O-])c(OC)c1OC. The number of benzene rings is 2. The van der Waals surface area contributed by atoms with Crippen LogP contribution in [0.3, 0.4) is 0 Å². The van der Waals surface area contributed by atoms with Crippen LogP contribution in [0.15, 0.2) is 42.6 Å². The van der Waals surface area contributed by atoms with Gasteiger partial charge in [0.1, 0.15) is 11.4 Å². The molecule has 1 heterocycles. The predicted molar refractivity (Wildman–Crippen MR) is 113 cm³/mol. The van der Waals surface area contributed by atoms with Crippen LogP contribution in [-0.4, -0.2) is 41.9 Å². The van der Waals surface area contributed by atoms with Crippen LogP contribution in [-0.2, 0) is 6.54 Å². The van der Waals surface area contributed by atoms with E-state index >= 15 is 0 Å². The van der Waals surface area contributed by atoms with Crippen LogP contribution in [0.4, 0.5) is 11.5 Å². The number of carbonyl (C=O) groups is 1. The highest BCUT2D eigenvalue weighted by Gasteiger charge is 2.32. The Morgan fingerprint density at radius 3 is 2.39 bits per heavy atom. The molecule has 162 valence electrons. The number of amides is 1. The lowest BCUT2D eigenvalue weighted by Crippen LogP contribution is -2.18. The second-order valence-electron chi connectivity index (χ2n) is 6.25. The minimum Gasteiger partial charge on any atom is -0.493 e. The first kappa shape index (κ1) is 21.9. The summed E-state index contributed by atoms with van der Waals surface area (Å²) in [6.45, 7) is 0.358. The Morgan fingerprint density at radius 2 is 1.81 bits per heavy atom. The maximum absolute atomic E-state index is 13.0. The number of hydrogen-bond donors (Lipinski definition) is 1. The van der Waals surface area contributed by atoms with Crippen LogP contribution in [0.25, 0.3) is 0 Å². The summed E-state index contributed by atoms with van der Waals surface area (Å²) in [5.41, 5.74) is 0.113. The number of nitrogens with zero attached hydrogens (tertiary/aromatic N) is 3. The Balaban J connectivity index is 1.97. The number of nitrogens with one attached hydrogen (secondary N) is 1. The third-order valence-electron chi connectivity index (χ3n) is 4.43. The maximum atomic E-state index is 13.0. The molecule has 0 bridgehead atoms. The molecule has 0 atom stereocenters. The molecule has 0 spiro atoms. The van der Waals surface area contributed by atoms with Crippen molar-refractivity contribution < 1.29 is 23.9 Å². The molecule has 3 aromatic rings. The normalized spacial score (nSPS) is 10.5. The van der Waals surface area contributed by atoms with Crippen molar-refractivity contribution in [2.45, 2.75) is 6.54 Å². The largest absolute Gasteiger partial charge is 0.493 e. The van der Waals surface area contributed by atoms with Gasteiger partial charge in [-0.25, -0.2) is 4.68 Å². The lowest BCUT2D eigenvalue weighted by Gasteiger charge is -2.15. The van der Waals surface area contributed by atoms with Crippen molar-refractivity contribution in [1.29, 1.82) is 0 Å². The summed E-state index contributed by atoms with van der Waals surface area (Å²) in [5, 5.41) is 19.2. The van der Waals surface area contributed by atoms with Gasteiger partial charge < -0.3 is 19.5 Å². The van der Waals surface area contributed by atoms with Gasteiger partial charge in [-0.05, 0) is 17.7 Å². The molecule has 11 heteroatoms. The van der Waals surface area contributed by atoms with E-state index in [0.29, 0.717) is 17.4 Å². The molecule has 0 unspecified atom stereocenters. The average Bonchev–Trinajstić information content (AvgIpc) is 3.19. The number of ether oxygens (including phenoxy) is 3. The molecule has 3 rings (SSSR count). The van der Waals surface area contributed by atoms with Gasteiger partial charge in [0, 0.05) is 17.2 Å². The first-order valence-corrected chi connectivity index (χ1v) is 9.32. The fourth-order valence-electron chi connectivity index (χ4n) is 3.01. The van der Waals surface area contributed by atoms with Gasteiger partial charge in [0.2, 0.25) is 11.5 Å². The highest BCUT2D eigenvalue weighted by molar-refractivity contribution is 6.30. The topological polar surface area (TPSA) is 118 Å². The molecule has 0 aliphatic heterocycles. The number of aromatic nitrogens is 2. The molecule has 31 heavy (non-hydrogen) atoms. The van der Waals surface area contributed by atoms with E-state index in [1.165, 1.54) is 33.6 Å². The van der Waals surface area contributed by atoms with Crippen molar-refractivity contribution in [2.75, 3.05) is 26.6 Å². The fourth-order valence-corrected chi connectivity index (χ4v) is 3.13. The number of rotatable bonds is 8. The summed E-state index contributed by atoms with van der Waals surface area (Å²) in [6.07, 6.45) is 1.51. The lowest BCUT2D eigenvalue weighted by molar-refractivity contribution is -0.386. The molecule has 2 aromatic carbocycles. The molecule has 1 amide bonds. The van der Waals surface area contributed by atoms with E-state index in [9.17, 15) is 14.9 Å². The molecular formula is C20H19ClN4O6. The molecule has 1 N–H and O–H groups in total. The van der Waals surface area contributed by atoms with Gasteiger partial charge in [0.05, 0.1) is 39.0 Å². The van der Waals surface area contributed by atoms with Gasteiger partial charge >= 0.3 is 5.69 Å². The number of halogens is 1. The van der Waals surface area contributed by atoms with Gasteiger partial charge in [0.15, 0.2) is 5.75 Å². The zero-order chi connectivity index (χ0) is 22.5. The molecule has 1 aromatic heterocycles.